The highest BCUT2D eigenvalue weighted by Gasteiger charge is 2.45. The maximum absolute atomic E-state index is 11.9. The van der Waals surface area contributed by atoms with Crippen molar-refractivity contribution in [2.75, 3.05) is 26.3 Å². The number of hydrogen-bond acceptors (Lipinski definition) is 8. The summed E-state index contributed by atoms with van der Waals surface area (Å²) in [6.07, 6.45) is -3.27. The number of rotatable bonds is 7. The molecule has 0 radical (unpaired) electrons. The highest BCUT2D eigenvalue weighted by Crippen LogP contribution is 2.30. The van der Waals surface area contributed by atoms with Crippen LogP contribution in [0.3, 0.4) is 0 Å². The highest BCUT2D eigenvalue weighted by molar-refractivity contribution is 5.77. The molecule has 1 aromatic rings. The van der Waals surface area contributed by atoms with Crippen LogP contribution < -0.4 is 22.3 Å². The Bertz CT molecular complexity index is 673. The summed E-state index contributed by atoms with van der Waals surface area (Å²) in [5, 5.41) is 21.9. The first-order valence-electron chi connectivity index (χ1n) is 7.32. The van der Waals surface area contributed by atoms with E-state index in [9.17, 15) is 24.6 Å². The molecular formula is C13H20N4O7. The van der Waals surface area contributed by atoms with Crippen molar-refractivity contribution in [1.82, 2.24) is 14.9 Å². The lowest BCUT2D eigenvalue weighted by Gasteiger charge is -2.21. The van der Waals surface area contributed by atoms with Crippen LogP contribution in [0.15, 0.2) is 21.9 Å². The molecule has 11 heteroatoms. The molecule has 6 N–H and O–H groups in total. The minimum Gasteiger partial charge on any atom is -0.394 e. The van der Waals surface area contributed by atoms with Crippen LogP contribution in [0.25, 0.3) is 0 Å². The van der Waals surface area contributed by atoms with Crippen molar-refractivity contribution in [3.05, 3.63) is 33.1 Å². The van der Waals surface area contributed by atoms with E-state index >= 15 is 0 Å². The number of hydrogen-bond donors (Lipinski definition) is 5. The van der Waals surface area contributed by atoms with Gasteiger partial charge in [-0.15, -0.1) is 0 Å². The van der Waals surface area contributed by atoms with Crippen LogP contribution in [0.2, 0.25) is 0 Å². The molecule has 1 saturated heterocycles. The third-order valence-corrected chi connectivity index (χ3v) is 3.49. The zero-order valence-corrected chi connectivity index (χ0v) is 12.8. The molecule has 0 bridgehead atoms. The second kappa shape index (κ2) is 8.17. The molecule has 1 fully saturated rings. The molecular weight excluding hydrogens is 324 g/mol. The average Bonchev–Trinajstić information content (AvgIpc) is 2.86. The van der Waals surface area contributed by atoms with E-state index in [2.05, 4.69) is 10.3 Å². The molecule has 11 nitrogen and oxygen atoms in total. The molecule has 134 valence electrons. The zero-order valence-electron chi connectivity index (χ0n) is 12.8. The quantitative estimate of drug-likeness (QED) is 0.336. The summed E-state index contributed by atoms with van der Waals surface area (Å²) >= 11 is 0. The molecule has 2 heterocycles. The number of nitrogens with zero attached hydrogens (tertiary/aromatic N) is 1. The van der Waals surface area contributed by atoms with Gasteiger partial charge < -0.3 is 30.7 Å². The van der Waals surface area contributed by atoms with Gasteiger partial charge in [-0.2, -0.15) is 0 Å². The van der Waals surface area contributed by atoms with E-state index in [0.717, 1.165) is 10.6 Å². The Morgan fingerprint density at radius 3 is 2.88 bits per heavy atom. The third kappa shape index (κ3) is 4.07. The summed E-state index contributed by atoms with van der Waals surface area (Å²) in [5.74, 6) is -0.451. The molecule has 1 aliphatic heterocycles. The number of carbonyl (C=O) groups is 1. The Balaban J connectivity index is 2.16. The predicted octanol–water partition coefficient (Wildman–Crippen LogP) is -3.75. The molecule has 2 rings (SSSR count). The van der Waals surface area contributed by atoms with Gasteiger partial charge in [0.15, 0.2) is 6.23 Å². The van der Waals surface area contributed by atoms with E-state index < -0.39 is 54.9 Å². The van der Waals surface area contributed by atoms with Crippen LogP contribution >= 0.6 is 0 Å². The predicted molar refractivity (Wildman–Crippen MR) is 80.1 cm³/mol. The number of amides is 1. The molecule has 1 amide bonds. The molecule has 0 aromatic carbocycles. The monoisotopic (exact) mass is 344 g/mol. The number of aromatic amines is 1. The second-order valence-electron chi connectivity index (χ2n) is 5.17. The number of aliphatic hydroxyl groups is 2. The number of nitrogens with two attached hydrogens (primary N) is 1. The fourth-order valence-corrected chi connectivity index (χ4v) is 2.34. The van der Waals surface area contributed by atoms with Crippen molar-refractivity contribution in [3.8, 4) is 0 Å². The maximum atomic E-state index is 11.9. The topological polar surface area (TPSA) is 169 Å². The van der Waals surface area contributed by atoms with Gasteiger partial charge in [0.2, 0.25) is 5.91 Å². The molecule has 0 aliphatic carbocycles. The SMILES string of the molecule is NCCNC(=O)CO[C@H]1[C@@H](O)[C@@H](CO)O[C@H]1n1ccc(=O)[nH]c1=O. The minimum absolute atomic E-state index is 0.267. The average molecular weight is 344 g/mol. The van der Waals surface area contributed by atoms with Gasteiger partial charge in [-0.25, -0.2) is 4.79 Å². The van der Waals surface area contributed by atoms with Gasteiger partial charge in [-0.1, -0.05) is 0 Å². The highest BCUT2D eigenvalue weighted by atomic mass is 16.6. The van der Waals surface area contributed by atoms with Crippen LogP contribution in [0, 0.1) is 0 Å². The van der Waals surface area contributed by atoms with Crippen molar-refractivity contribution in [2.24, 2.45) is 5.73 Å². The standard InChI is InChI=1S/C13H20N4O7/c14-2-3-15-9(20)6-23-11-10(21)7(5-18)24-12(11)17-4-1-8(19)16-13(17)22/h1,4,7,10-12,18,21H,2-3,5-6,14H2,(H,15,20)(H,16,19,22)/t7-,10+,11+,12-/m1/s1. The van der Waals surface area contributed by atoms with Gasteiger partial charge in [0.25, 0.3) is 5.56 Å². The Hall–Kier alpha value is -2.05. The van der Waals surface area contributed by atoms with Crippen LogP contribution in [-0.2, 0) is 14.3 Å². The van der Waals surface area contributed by atoms with Crippen molar-refractivity contribution >= 4 is 5.91 Å². The lowest BCUT2D eigenvalue weighted by molar-refractivity contribution is -0.133. The Morgan fingerprint density at radius 2 is 2.25 bits per heavy atom. The summed E-state index contributed by atoms with van der Waals surface area (Å²) in [4.78, 5) is 36.7. The van der Waals surface area contributed by atoms with Crippen LogP contribution in [0.4, 0.5) is 0 Å². The number of nitrogens with one attached hydrogen (secondary N) is 2. The van der Waals surface area contributed by atoms with E-state index in [-0.39, 0.29) is 13.1 Å². The van der Waals surface area contributed by atoms with Crippen molar-refractivity contribution in [1.29, 1.82) is 0 Å². The van der Waals surface area contributed by atoms with Crippen molar-refractivity contribution in [2.45, 2.75) is 24.5 Å². The Kier molecular flexibility index (Phi) is 6.23. The van der Waals surface area contributed by atoms with E-state index in [1.54, 1.807) is 0 Å². The van der Waals surface area contributed by atoms with E-state index in [0.29, 0.717) is 0 Å². The van der Waals surface area contributed by atoms with Gasteiger partial charge in [0, 0.05) is 25.4 Å². The number of aromatic nitrogens is 2. The van der Waals surface area contributed by atoms with E-state index in [4.69, 9.17) is 15.2 Å². The van der Waals surface area contributed by atoms with E-state index in [1.807, 2.05) is 0 Å². The normalized spacial score (nSPS) is 26.5. The number of aliphatic hydroxyl groups excluding tert-OH is 2. The minimum atomic E-state index is -1.26. The molecule has 0 unspecified atom stereocenters. The molecule has 0 spiro atoms. The summed E-state index contributed by atoms with van der Waals surface area (Å²) in [6, 6.07) is 1.11. The first-order chi connectivity index (χ1) is 11.5. The lowest BCUT2D eigenvalue weighted by Crippen LogP contribution is -2.41. The smallest absolute Gasteiger partial charge is 0.330 e. The molecule has 0 saturated carbocycles. The van der Waals surface area contributed by atoms with Crippen molar-refractivity contribution in [3.63, 3.8) is 0 Å². The largest absolute Gasteiger partial charge is 0.394 e. The fraction of sp³-hybridized carbons (Fsp3) is 0.615. The van der Waals surface area contributed by atoms with Gasteiger partial charge in [0.05, 0.1) is 6.61 Å². The maximum Gasteiger partial charge on any atom is 0.330 e. The Labute approximate surface area is 136 Å². The van der Waals surface area contributed by atoms with E-state index in [1.165, 1.54) is 6.20 Å². The van der Waals surface area contributed by atoms with Gasteiger partial charge in [-0.3, -0.25) is 19.1 Å². The summed E-state index contributed by atoms with van der Waals surface area (Å²) < 4.78 is 11.8. The first kappa shape index (κ1) is 18.3. The molecule has 24 heavy (non-hydrogen) atoms. The lowest BCUT2D eigenvalue weighted by atomic mass is 10.1. The third-order valence-electron chi connectivity index (χ3n) is 3.49. The second-order valence-corrected chi connectivity index (χ2v) is 5.17. The van der Waals surface area contributed by atoms with Crippen LogP contribution in [-0.4, -0.2) is 70.3 Å². The summed E-state index contributed by atoms with van der Waals surface area (Å²) in [5.41, 5.74) is 3.91. The number of carbonyl (C=O) groups excluding carboxylic acids is 1. The van der Waals surface area contributed by atoms with Gasteiger partial charge >= 0.3 is 5.69 Å². The van der Waals surface area contributed by atoms with Gasteiger partial charge in [-0.05, 0) is 0 Å². The fourth-order valence-electron chi connectivity index (χ4n) is 2.34. The molecule has 1 aromatic heterocycles. The van der Waals surface area contributed by atoms with Gasteiger partial charge in [0.1, 0.15) is 24.9 Å². The molecule has 4 atom stereocenters. The molecule has 1 aliphatic rings. The number of H-pyrrole nitrogens is 1. The Morgan fingerprint density at radius 1 is 1.50 bits per heavy atom. The van der Waals surface area contributed by atoms with Crippen molar-refractivity contribution < 1.29 is 24.5 Å². The van der Waals surface area contributed by atoms with Crippen LogP contribution in [0.1, 0.15) is 6.23 Å². The first-order valence-corrected chi connectivity index (χ1v) is 7.32. The summed E-state index contributed by atoms with van der Waals surface area (Å²) in [6.45, 7) is -0.357. The number of ether oxygens (including phenoxy) is 2. The zero-order chi connectivity index (χ0) is 17.7. The van der Waals surface area contributed by atoms with Crippen LogP contribution in [0.5, 0.6) is 0 Å². The summed E-state index contributed by atoms with van der Waals surface area (Å²) in [7, 11) is 0.